The van der Waals surface area contributed by atoms with Crippen LogP contribution in [0.25, 0.3) is 10.9 Å². The van der Waals surface area contributed by atoms with Gasteiger partial charge in [-0.25, -0.2) is 9.78 Å². The molecule has 1 aromatic heterocycles. The normalized spacial score (nSPS) is 12.4. The van der Waals surface area contributed by atoms with Gasteiger partial charge in [-0.1, -0.05) is 31.9 Å². The van der Waals surface area contributed by atoms with Gasteiger partial charge >= 0.3 is 6.09 Å². The zero-order valence-electron chi connectivity index (χ0n) is 18.9. The van der Waals surface area contributed by atoms with E-state index < -0.39 is 11.7 Å². The molecule has 3 N–H and O–H groups in total. The Balaban J connectivity index is 1.83. The van der Waals surface area contributed by atoms with E-state index >= 15 is 0 Å². The monoisotopic (exact) mass is 430 g/mol. The van der Waals surface area contributed by atoms with Crippen LogP contribution >= 0.6 is 0 Å². The minimum absolute atomic E-state index is 0.0878. The molecule has 0 aliphatic carbocycles. The van der Waals surface area contributed by atoms with Crippen LogP contribution in [0, 0.1) is 0 Å². The van der Waals surface area contributed by atoms with Crippen molar-refractivity contribution in [2.45, 2.75) is 77.9 Å². The molecule has 0 saturated carbocycles. The third kappa shape index (κ3) is 8.78. The first-order chi connectivity index (χ1) is 14.7. The van der Waals surface area contributed by atoms with Crippen molar-refractivity contribution in [2.75, 3.05) is 6.54 Å². The van der Waals surface area contributed by atoms with Gasteiger partial charge in [-0.2, -0.15) is 0 Å². The molecule has 0 aliphatic rings. The van der Waals surface area contributed by atoms with Gasteiger partial charge in [0.05, 0.1) is 10.9 Å². The number of aromatic amines is 1. The Morgan fingerprint density at radius 2 is 1.94 bits per heavy atom. The maximum Gasteiger partial charge on any atom is 0.407 e. The molecule has 31 heavy (non-hydrogen) atoms. The minimum Gasteiger partial charge on any atom is -0.444 e. The first-order valence-corrected chi connectivity index (χ1v) is 10.9. The largest absolute Gasteiger partial charge is 0.444 e. The number of para-hydroxylation sites is 1. The molecular weight excluding hydrogens is 396 g/mol. The molecule has 2 aromatic rings. The molecule has 2 rings (SSSR count). The summed E-state index contributed by atoms with van der Waals surface area (Å²) in [5.41, 5.74) is -0.0826. The maximum atomic E-state index is 12.4. The number of nitrogens with zero attached hydrogens (tertiary/aromatic N) is 1. The first-order valence-electron chi connectivity index (χ1n) is 10.9. The number of carbonyl (C=O) groups excluding carboxylic acids is 2. The average molecular weight is 431 g/mol. The highest BCUT2D eigenvalue weighted by Gasteiger charge is 2.18. The summed E-state index contributed by atoms with van der Waals surface area (Å²) >= 11 is 0. The lowest BCUT2D eigenvalue weighted by Gasteiger charge is -2.22. The second-order valence-electron chi connectivity index (χ2n) is 8.67. The third-order valence-electron chi connectivity index (χ3n) is 4.64. The number of amides is 2. The molecule has 0 bridgehead atoms. The van der Waals surface area contributed by atoms with Crippen molar-refractivity contribution in [2.24, 2.45) is 0 Å². The number of unbranched alkanes of at least 4 members (excludes halogenated alkanes) is 1. The van der Waals surface area contributed by atoms with Crippen molar-refractivity contribution >= 4 is 22.9 Å². The van der Waals surface area contributed by atoms with Crippen LogP contribution in [0.4, 0.5) is 4.79 Å². The molecule has 0 fully saturated rings. The fourth-order valence-corrected chi connectivity index (χ4v) is 3.17. The molecule has 1 aromatic carbocycles. The van der Waals surface area contributed by atoms with E-state index in [0.717, 1.165) is 19.3 Å². The highest BCUT2D eigenvalue weighted by molar-refractivity contribution is 5.77. The van der Waals surface area contributed by atoms with Gasteiger partial charge in [-0.05, 0) is 45.7 Å². The van der Waals surface area contributed by atoms with E-state index in [2.05, 4.69) is 27.5 Å². The topological polar surface area (TPSA) is 113 Å². The van der Waals surface area contributed by atoms with Crippen molar-refractivity contribution < 1.29 is 14.3 Å². The van der Waals surface area contributed by atoms with E-state index in [9.17, 15) is 14.4 Å². The summed E-state index contributed by atoms with van der Waals surface area (Å²) in [7, 11) is 0. The Bertz CT molecular complexity index is 933. The Hall–Kier alpha value is -2.90. The Morgan fingerprint density at radius 3 is 2.65 bits per heavy atom. The number of rotatable bonds is 10. The van der Waals surface area contributed by atoms with E-state index in [1.54, 1.807) is 39.0 Å². The molecule has 1 heterocycles. The summed E-state index contributed by atoms with van der Waals surface area (Å²) in [5, 5.41) is 6.28. The van der Waals surface area contributed by atoms with Crippen LogP contribution < -0.4 is 16.2 Å². The molecule has 0 aliphatic heterocycles. The van der Waals surface area contributed by atoms with Crippen molar-refractivity contribution in [3.63, 3.8) is 0 Å². The standard InChI is InChI=1S/C23H34N4O4/c1-5-6-10-16(15-24-22(30)31-23(2,3)4)25-20(28)14-9-13-19-26-18-12-8-7-11-17(18)21(29)27-19/h7-8,11-12,16H,5-6,9-10,13-15H2,1-4H3,(H,24,30)(H,25,28)(H,26,27,29)/t16-/m1/s1. The number of aromatic nitrogens is 2. The van der Waals surface area contributed by atoms with Crippen LogP contribution in [0.2, 0.25) is 0 Å². The molecular formula is C23H34N4O4. The second-order valence-corrected chi connectivity index (χ2v) is 8.67. The number of carbonyl (C=O) groups is 2. The molecule has 1 atom stereocenters. The zero-order valence-corrected chi connectivity index (χ0v) is 18.9. The fourth-order valence-electron chi connectivity index (χ4n) is 3.17. The number of ether oxygens (including phenoxy) is 1. The summed E-state index contributed by atoms with van der Waals surface area (Å²) in [4.78, 5) is 43.7. The molecule has 0 unspecified atom stereocenters. The molecule has 0 spiro atoms. The SMILES string of the molecule is CCCC[C@H](CNC(=O)OC(C)(C)C)NC(=O)CCCc1nc2ccccc2c(=O)[nH]1. The Kier molecular flexibility index (Phi) is 9.03. The van der Waals surface area contributed by atoms with Gasteiger partial charge in [0.15, 0.2) is 0 Å². The molecule has 170 valence electrons. The van der Waals surface area contributed by atoms with Gasteiger partial charge < -0.3 is 20.4 Å². The van der Waals surface area contributed by atoms with E-state index in [4.69, 9.17) is 4.74 Å². The summed E-state index contributed by atoms with van der Waals surface area (Å²) < 4.78 is 5.25. The number of alkyl carbamates (subject to hydrolysis) is 1. The molecule has 8 heteroatoms. The predicted octanol–water partition coefficient (Wildman–Crippen LogP) is 3.45. The number of H-pyrrole nitrogens is 1. The minimum atomic E-state index is -0.565. The lowest BCUT2D eigenvalue weighted by molar-refractivity contribution is -0.121. The van der Waals surface area contributed by atoms with Crippen molar-refractivity contribution in [3.05, 3.63) is 40.4 Å². The van der Waals surface area contributed by atoms with Crippen LogP contribution in [0.1, 0.15) is 65.6 Å². The summed E-state index contributed by atoms with van der Waals surface area (Å²) in [5.74, 6) is 0.487. The van der Waals surface area contributed by atoms with E-state index in [1.807, 2.05) is 6.07 Å². The number of hydrogen-bond acceptors (Lipinski definition) is 5. The number of fused-ring (bicyclic) bond motifs is 1. The van der Waals surface area contributed by atoms with Crippen LogP contribution in [0.3, 0.4) is 0 Å². The number of aryl methyl sites for hydroxylation is 1. The van der Waals surface area contributed by atoms with Gasteiger partial charge in [0.25, 0.3) is 5.56 Å². The quantitative estimate of drug-likeness (QED) is 0.534. The molecule has 0 radical (unpaired) electrons. The van der Waals surface area contributed by atoms with E-state index in [-0.39, 0.29) is 17.5 Å². The Morgan fingerprint density at radius 1 is 1.19 bits per heavy atom. The van der Waals surface area contributed by atoms with Crippen molar-refractivity contribution in [1.29, 1.82) is 0 Å². The molecule has 8 nitrogen and oxygen atoms in total. The predicted molar refractivity (Wildman–Crippen MR) is 121 cm³/mol. The number of hydrogen-bond donors (Lipinski definition) is 3. The third-order valence-corrected chi connectivity index (χ3v) is 4.64. The summed E-state index contributed by atoms with van der Waals surface area (Å²) in [6.45, 7) is 7.82. The number of benzene rings is 1. The second kappa shape index (κ2) is 11.5. The number of nitrogens with one attached hydrogen (secondary N) is 3. The van der Waals surface area contributed by atoms with Crippen LogP contribution in [-0.2, 0) is 16.0 Å². The molecule has 2 amide bonds. The maximum absolute atomic E-state index is 12.4. The van der Waals surface area contributed by atoms with Crippen LogP contribution in [-0.4, -0.2) is 40.2 Å². The van der Waals surface area contributed by atoms with Gasteiger partial charge in [-0.15, -0.1) is 0 Å². The van der Waals surface area contributed by atoms with E-state index in [1.165, 1.54) is 0 Å². The lowest BCUT2D eigenvalue weighted by atomic mass is 10.1. The smallest absolute Gasteiger partial charge is 0.407 e. The molecule has 0 saturated heterocycles. The highest BCUT2D eigenvalue weighted by Crippen LogP contribution is 2.09. The summed E-state index contributed by atoms with van der Waals surface area (Å²) in [6, 6.07) is 7.03. The fraction of sp³-hybridized carbons (Fsp3) is 0.565. The summed E-state index contributed by atoms with van der Waals surface area (Å²) in [6.07, 6.45) is 3.61. The Labute approximate surface area is 183 Å². The van der Waals surface area contributed by atoms with Gasteiger partial charge in [-0.3, -0.25) is 9.59 Å². The van der Waals surface area contributed by atoms with Crippen LogP contribution in [0.15, 0.2) is 29.1 Å². The zero-order chi connectivity index (χ0) is 22.9. The van der Waals surface area contributed by atoms with Crippen LogP contribution in [0.5, 0.6) is 0 Å². The van der Waals surface area contributed by atoms with E-state index in [0.29, 0.717) is 42.5 Å². The lowest BCUT2D eigenvalue weighted by Crippen LogP contribution is -2.44. The van der Waals surface area contributed by atoms with Gasteiger partial charge in [0.1, 0.15) is 11.4 Å². The van der Waals surface area contributed by atoms with Crippen molar-refractivity contribution in [3.8, 4) is 0 Å². The first kappa shape index (κ1) is 24.4. The highest BCUT2D eigenvalue weighted by atomic mass is 16.6. The van der Waals surface area contributed by atoms with Crippen molar-refractivity contribution in [1.82, 2.24) is 20.6 Å². The van der Waals surface area contributed by atoms with Gasteiger partial charge in [0.2, 0.25) is 5.91 Å². The van der Waals surface area contributed by atoms with Gasteiger partial charge in [0, 0.05) is 25.4 Å². The average Bonchev–Trinajstić information content (AvgIpc) is 2.69.